The zero-order valence-electron chi connectivity index (χ0n) is 12.9. The van der Waals surface area contributed by atoms with E-state index in [1.165, 1.54) is 0 Å². The number of hydrogen-bond donors (Lipinski definition) is 2. The fraction of sp³-hybridized carbons (Fsp3) is 0.733. The summed E-state index contributed by atoms with van der Waals surface area (Å²) >= 11 is 1.85. The Hall–Kier alpha value is -1.01. The Morgan fingerprint density at radius 3 is 2.71 bits per heavy atom. The molecular weight excluding hydrogens is 288 g/mol. The fourth-order valence-corrected chi connectivity index (χ4v) is 3.80. The number of aliphatic hydroxyl groups is 1. The van der Waals surface area contributed by atoms with Crippen molar-refractivity contribution in [2.45, 2.75) is 45.6 Å². The average Bonchev–Trinajstić information content (AvgIpc) is 2.77. The Kier molecular flexibility index (Phi) is 5.32. The first-order valence-electron chi connectivity index (χ1n) is 7.41. The van der Waals surface area contributed by atoms with Crippen molar-refractivity contribution in [3.63, 3.8) is 0 Å². The van der Waals surface area contributed by atoms with E-state index in [0.29, 0.717) is 13.0 Å². The molecule has 118 valence electrons. The van der Waals surface area contributed by atoms with Gasteiger partial charge in [0.1, 0.15) is 5.76 Å². The molecule has 1 saturated heterocycles. The molecule has 21 heavy (non-hydrogen) atoms. The van der Waals surface area contributed by atoms with Crippen LogP contribution in [0.3, 0.4) is 0 Å². The van der Waals surface area contributed by atoms with Crippen LogP contribution >= 0.6 is 11.8 Å². The largest absolute Gasteiger partial charge is 0.388 e. The molecule has 6 heteroatoms. The SMILES string of the molecule is Cc1noc(C)c1CC(C)C(=O)NCC1(O)CCSCC1. The summed E-state index contributed by atoms with van der Waals surface area (Å²) in [5.74, 6) is 2.50. The number of aryl methyl sites for hydroxylation is 2. The quantitative estimate of drug-likeness (QED) is 0.868. The van der Waals surface area contributed by atoms with Gasteiger partial charge >= 0.3 is 0 Å². The van der Waals surface area contributed by atoms with Crippen LogP contribution in [0.1, 0.15) is 36.8 Å². The zero-order valence-corrected chi connectivity index (χ0v) is 13.8. The maximum absolute atomic E-state index is 12.2. The lowest BCUT2D eigenvalue weighted by Gasteiger charge is -2.32. The smallest absolute Gasteiger partial charge is 0.223 e. The van der Waals surface area contributed by atoms with Crippen LogP contribution < -0.4 is 5.32 Å². The monoisotopic (exact) mass is 312 g/mol. The summed E-state index contributed by atoms with van der Waals surface area (Å²) < 4.78 is 5.12. The van der Waals surface area contributed by atoms with Gasteiger partial charge in [0.2, 0.25) is 5.91 Å². The van der Waals surface area contributed by atoms with Gasteiger partial charge in [0.05, 0.1) is 11.3 Å². The van der Waals surface area contributed by atoms with Crippen molar-refractivity contribution in [3.05, 3.63) is 17.0 Å². The van der Waals surface area contributed by atoms with Crippen LogP contribution in [0.4, 0.5) is 0 Å². The van der Waals surface area contributed by atoms with E-state index in [-0.39, 0.29) is 11.8 Å². The number of amides is 1. The van der Waals surface area contributed by atoms with E-state index in [9.17, 15) is 9.90 Å². The molecule has 0 radical (unpaired) electrons. The minimum Gasteiger partial charge on any atom is -0.388 e. The van der Waals surface area contributed by atoms with Gasteiger partial charge in [-0.05, 0) is 44.6 Å². The molecule has 1 aromatic heterocycles. The highest BCUT2D eigenvalue weighted by Gasteiger charge is 2.30. The second-order valence-corrected chi connectivity index (χ2v) is 7.19. The maximum Gasteiger partial charge on any atom is 0.223 e. The Labute approximate surface area is 129 Å². The van der Waals surface area contributed by atoms with Crippen molar-refractivity contribution in [2.24, 2.45) is 5.92 Å². The molecule has 2 heterocycles. The van der Waals surface area contributed by atoms with Crippen LogP contribution in [0.2, 0.25) is 0 Å². The predicted octanol–water partition coefficient (Wildman–Crippen LogP) is 1.84. The van der Waals surface area contributed by atoms with E-state index < -0.39 is 5.60 Å². The van der Waals surface area contributed by atoms with Gasteiger partial charge < -0.3 is 14.9 Å². The topological polar surface area (TPSA) is 75.4 Å². The van der Waals surface area contributed by atoms with Crippen molar-refractivity contribution in [2.75, 3.05) is 18.1 Å². The molecule has 2 rings (SSSR count). The number of nitrogens with zero attached hydrogens (tertiary/aromatic N) is 1. The van der Waals surface area contributed by atoms with E-state index in [2.05, 4.69) is 10.5 Å². The number of carbonyl (C=O) groups is 1. The summed E-state index contributed by atoms with van der Waals surface area (Å²) in [5.41, 5.74) is 1.12. The normalized spacial score (nSPS) is 19.2. The first kappa shape index (κ1) is 16.4. The Balaban J connectivity index is 1.85. The Morgan fingerprint density at radius 2 is 2.14 bits per heavy atom. The van der Waals surface area contributed by atoms with Crippen LogP contribution in [0.25, 0.3) is 0 Å². The van der Waals surface area contributed by atoms with Crippen LogP contribution in [0.5, 0.6) is 0 Å². The third-order valence-electron chi connectivity index (χ3n) is 4.15. The Morgan fingerprint density at radius 1 is 1.48 bits per heavy atom. The van der Waals surface area contributed by atoms with Gasteiger partial charge in [-0.25, -0.2) is 0 Å². The number of aromatic nitrogens is 1. The number of nitrogens with one attached hydrogen (secondary N) is 1. The average molecular weight is 312 g/mol. The van der Waals surface area contributed by atoms with Crippen LogP contribution in [-0.4, -0.2) is 39.8 Å². The molecule has 5 nitrogen and oxygen atoms in total. The van der Waals surface area contributed by atoms with E-state index in [1.807, 2.05) is 32.5 Å². The summed E-state index contributed by atoms with van der Waals surface area (Å²) in [4.78, 5) is 12.2. The van der Waals surface area contributed by atoms with Gasteiger partial charge in [-0.15, -0.1) is 0 Å². The Bertz CT molecular complexity index is 476. The molecule has 1 unspecified atom stereocenters. The first-order valence-corrected chi connectivity index (χ1v) is 8.56. The van der Waals surface area contributed by atoms with Gasteiger partial charge in [0.15, 0.2) is 0 Å². The van der Waals surface area contributed by atoms with Crippen molar-refractivity contribution < 1.29 is 14.4 Å². The van der Waals surface area contributed by atoms with E-state index in [0.717, 1.165) is 41.4 Å². The molecule has 1 aliphatic rings. The van der Waals surface area contributed by atoms with Gasteiger partial charge in [-0.3, -0.25) is 4.79 Å². The van der Waals surface area contributed by atoms with Crippen LogP contribution in [-0.2, 0) is 11.2 Å². The molecule has 0 aromatic carbocycles. The molecular formula is C15H24N2O3S. The highest BCUT2D eigenvalue weighted by atomic mass is 32.2. The summed E-state index contributed by atoms with van der Waals surface area (Å²) in [6.45, 7) is 5.99. The van der Waals surface area contributed by atoms with E-state index in [4.69, 9.17) is 4.52 Å². The van der Waals surface area contributed by atoms with Crippen molar-refractivity contribution in [3.8, 4) is 0 Å². The summed E-state index contributed by atoms with van der Waals surface area (Å²) in [6.07, 6.45) is 2.10. The number of thioether (sulfide) groups is 1. The lowest BCUT2D eigenvalue weighted by atomic mass is 9.95. The molecule has 1 amide bonds. The molecule has 0 spiro atoms. The highest BCUT2D eigenvalue weighted by Crippen LogP contribution is 2.26. The van der Waals surface area contributed by atoms with Crippen molar-refractivity contribution in [1.29, 1.82) is 0 Å². The standard InChI is InChI=1S/C15H24N2O3S/c1-10(8-13-11(2)17-20-12(13)3)14(18)16-9-15(19)4-6-21-7-5-15/h10,19H,4-9H2,1-3H3,(H,16,18). The molecule has 2 N–H and O–H groups in total. The minimum atomic E-state index is -0.732. The lowest BCUT2D eigenvalue weighted by Crippen LogP contribution is -2.46. The summed E-state index contributed by atoms with van der Waals surface area (Å²) in [6, 6.07) is 0. The predicted molar refractivity (Wildman–Crippen MR) is 83.4 cm³/mol. The molecule has 1 aliphatic heterocycles. The van der Waals surface area contributed by atoms with Crippen molar-refractivity contribution in [1.82, 2.24) is 10.5 Å². The second-order valence-electron chi connectivity index (χ2n) is 5.96. The second kappa shape index (κ2) is 6.83. The van der Waals surface area contributed by atoms with Crippen LogP contribution in [0.15, 0.2) is 4.52 Å². The summed E-state index contributed by atoms with van der Waals surface area (Å²) in [7, 11) is 0. The number of hydrogen-bond acceptors (Lipinski definition) is 5. The highest BCUT2D eigenvalue weighted by molar-refractivity contribution is 7.99. The van der Waals surface area contributed by atoms with E-state index >= 15 is 0 Å². The zero-order chi connectivity index (χ0) is 15.5. The van der Waals surface area contributed by atoms with Crippen LogP contribution in [0, 0.1) is 19.8 Å². The number of rotatable bonds is 5. The maximum atomic E-state index is 12.2. The molecule has 0 saturated carbocycles. The van der Waals surface area contributed by atoms with Gasteiger partial charge in [0.25, 0.3) is 0 Å². The third-order valence-corrected chi connectivity index (χ3v) is 5.14. The molecule has 1 fully saturated rings. The first-order chi connectivity index (χ1) is 9.91. The van der Waals surface area contributed by atoms with Crippen molar-refractivity contribution >= 4 is 17.7 Å². The lowest BCUT2D eigenvalue weighted by molar-refractivity contribution is -0.125. The fourth-order valence-electron chi connectivity index (χ4n) is 2.55. The van der Waals surface area contributed by atoms with Gasteiger partial charge in [-0.2, -0.15) is 11.8 Å². The van der Waals surface area contributed by atoms with Gasteiger partial charge in [-0.1, -0.05) is 12.1 Å². The van der Waals surface area contributed by atoms with E-state index in [1.54, 1.807) is 0 Å². The molecule has 0 aliphatic carbocycles. The third kappa shape index (κ3) is 4.23. The summed E-state index contributed by atoms with van der Waals surface area (Å²) in [5, 5.41) is 17.2. The number of carbonyl (C=O) groups excluding carboxylic acids is 1. The molecule has 0 bridgehead atoms. The van der Waals surface area contributed by atoms with Gasteiger partial charge in [0, 0.05) is 18.0 Å². The molecule has 1 aromatic rings. The minimum absolute atomic E-state index is 0.0262. The molecule has 1 atom stereocenters.